The van der Waals surface area contributed by atoms with Gasteiger partial charge in [-0.1, -0.05) is 37.6 Å². The largest absolute Gasteiger partial charge is 0.299 e. The third-order valence-electron chi connectivity index (χ3n) is 4.33. The van der Waals surface area contributed by atoms with Crippen molar-refractivity contribution in [3.63, 3.8) is 0 Å². The van der Waals surface area contributed by atoms with Gasteiger partial charge in [0.2, 0.25) is 0 Å². The van der Waals surface area contributed by atoms with Crippen LogP contribution in [-0.4, -0.2) is 5.78 Å². The molecule has 2 rings (SSSR count). The normalized spacial score (nSPS) is 29.0. The van der Waals surface area contributed by atoms with E-state index in [1.807, 2.05) is 0 Å². The summed E-state index contributed by atoms with van der Waals surface area (Å²) in [5.74, 6) is 0.866. The van der Waals surface area contributed by atoms with Gasteiger partial charge in [-0.05, 0) is 31.4 Å². The van der Waals surface area contributed by atoms with Crippen molar-refractivity contribution in [1.29, 1.82) is 0 Å². The smallest absolute Gasteiger partial charge is 0.140 e. The second-order valence-corrected chi connectivity index (χ2v) is 5.31. The molecule has 0 amide bonds. The molecule has 0 saturated heterocycles. The predicted octanol–water partition coefficient (Wildman–Crippen LogP) is 3.78. The Morgan fingerprint density at radius 2 is 2.06 bits per heavy atom. The molecule has 0 bridgehead atoms. The molecule has 1 aromatic rings. The number of carbonyl (C=O) groups excluding carboxylic acids is 1. The molecule has 86 valence electrons. The summed E-state index contributed by atoms with van der Waals surface area (Å²) >= 11 is 0. The standard InChI is InChI=1S/C15H20O/c1-5-15(4)13(9-14(15)16)12-7-6-10(2)8-11(12)3/h6-8,13H,5,9H2,1-4H3. The lowest BCUT2D eigenvalue weighted by Gasteiger charge is -2.45. The van der Waals surface area contributed by atoms with Crippen molar-refractivity contribution < 1.29 is 4.79 Å². The predicted molar refractivity (Wildman–Crippen MR) is 66.7 cm³/mol. The molecule has 2 atom stereocenters. The van der Waals surface area contributed by atoms with Crippen LogP contribution in [0.3, 0.4) is 0 Å². The summed E-state index contributed by atoms with van der Waals surface area (Å²) in [5, 5.41) is 0. The maximum atomic E-state index is 11.7. The zero-order valence-electron chi connectivity index (χ0n) is 10.6. The van der Waals surface area contributed by atoms with Crippen molar-refractivity contribution in [2.45, 2.75) is 46.5 Å². The first-order valence-electron chi connectivity index (χ1n) is 6.09. The summed E-state index contributed by atoms with van der Waals surface area (Å²) < 4.78 is 0. The van der Waals surface area contributed by atoms with Gasteiger partial charge in [-0.2, -0.15) is 0 Å². The molecule has 1 saturated carbocycles. The Balaban J connectivity index is 2.36. The Hall–Kier alpha value is -1.11. The summed E-state index contributed by atoms with van der Waals surface area (Å²) in [7, 11) is 0. The van der Waals surface area contributed by atoms with Gasteiger partial charge in [-0.3, -0.25) is 4.79 Å². The van der Waals surface area contributed by atoms with Gasteiger partial charge in [0, 0.05) is 17.8 Å². The van der Waals surface area contributed by atoms with E-state index in [-0.39, 0.29) is 5.41 Å². The van der Waals surface area contributed by atoms with E-state index in [9.17, 15) is 4.79 Å². The molecular formula is C15H20O. The van der Waals surface area contributed by atoms with Gasteiger partial charge in [-0.15, -0.1) is 0 Å². The minimum absolute atomic E-state index is 0.111. The molecule has 2 unspecified atom stereocenters. The average Bonchev–Trinajstić information content (AvgIpc) is 2.26. The van der Waals surface area contributed by atoms with Crippen molar-refractivity contribution in [1.82, 2.24) is 0 Å². The molecule has 0 aromatic heterocycles. The van der Waals surface area contributed by atoms with Gasteiger partial charge >= 0.3 is 0 Å². The summed E-state index contributed by atoms with van der Waals surface area (Å²) in [6, 6.07) is 6.57. The highest BCUT2D eigenvalue weighted by Crippen LogP contribution is 2.52. The summed E-state index contributed by atoms with van der Waals surface area (Å²) in [6.07, 6.45) is 1.68. The van der Waals surface area contributed by atoms with Gasteiger partial charge < -0.3 is 0 Å². The molecule has 0 spiro atoms. The number of rotatable bonds is 2. The molecule has 16 heavy (non-hydrogen) atoms. The second kappa shape index (κ2) is 3.73. The Morgan fingerprint density at radius 1 is 1.38 bits per heavy atom. The lowest BCUT2D eigenvalue weighted by atomic mass is 9.56. The average molecular weight is 216 g/mol. The topological polar surface area (TPSA) is 17.1 Å². The maximum absolute atomic E-state index is 11.7. The lowest BCUT2D eigenvalue weighted by molar-refractivity contribution is -0.139. The van der Waals surface area contributed by atoms with Crippen LogP contribution >= 0.6 is 0 Å². The first-order chi connectivity index (χ1) is 7.49. The van der Waals surface area contributed by atoms with Gasteiger partial charge in [0.15, 0.2) is 0 Å². The fourth-order valence-corrected chi connectivity index (χ4v) is 2.82. The maximum Gasteiger partial charge on any atom is 0.140 e. The van der Waals surface area contributed by atoms with Crippen LogP contribution in [0.5, 0.6) is 0 Å². The fraction of sp³-hybridized carbons (Fsp3) is 0.533. The quantitative estimate of drug-likeness (QED) is 0.735. The molecule has 1 aliphatic rings. The van der Waals surface area contributed by atoms with Crippen molar-refractivity contribution in [2.24, 2.45) is 5.41 Å². The van der Waals surface area contributed by atoms with Crippen LogP contribution in [0.1, 0.15) is 49.3 Å². The SMILES string of the molecule is CCC1(C)C(=O)CC1c1ccc(C)cc1C. The molecule has 0 radical (unpaired) electrons. The summed E-state index contributed by atoms with van der Waals surface area (Å²) in [4.78, 5) is 11.7. The molecule has 1 aromatic carbocycles. The first kappa shape index (κ1) is 11.4. The van der Waals surface area contributed by atoms with E-state index >= 15 is 0 Å². The van der Waals surface area contributed by atoms with Crippen molar-refractivity contribution in [3.8, 4) is 0 Å². The number of Topliss-reactive ketones (excluding diaryl/α,β-unsaturated/α-hetero) is 1. The highest BCUT2D eigenvalue weighted by atomic mass is 16.1. The van der Waals surface area contributed by atoms with Crippen LogP contribution in [0, 0.1) is 19.3 Å². The highest BCUT2D eigenvalue weighted by molar-refractivity contribution is 5.93. The van der Waals surface area contributed by atoms with E-state index in [0.717, 1.165) is 12.8 Å². The number of hydrogen-bond acceptors (Lipinski definition) is 1. The minimum Gasteiger partial charge on any atom is -0.299 e. The number of ketones is 1. The van der Waals surface area contributed by atoms with Crippen molar-refractivity contribution >= 4 is 5.78 Å². The third kappa shape index (κ3) is 1.50. The number of carbonyl (C=O) groups is 1. The van der Waals surface area contributed by atoms with Crippen LogP contribution < -0.4 is 0 Å². The first-order valence-corrected chi connectivity index (χ1v) is 6.09. The van der Waals surface area contributed by atoms with Crippen LogP contribution in [-0.2, 0) is 4.79 Å². The molecular weight excluding hydrogens is 196 g/mol. The van der Waals surface area contributed by atoms with Gasteiger partial charge in [-0.25, -0.2) is 0 Å². The molecule has 0 heterocycles. The molecule has 1 aliphatic carbocycles. The van der Waals surface area contributed by atoms with Crippen molar-refractivity contribution in [2.75, 3.05) is 0 Å². The van der Waals surface area contributed by atoms with E-state index in [1.54, 1.807) is 0 Å². The Bertz CT molecular complexity index is 433. The molecule has 1 heteroatoms. The lowest BCUT2D eigenvalue weighted by Crippen LogP contribution is -2.45. The van der Waals surface area contributed by atoms with Crippen LogP contribution in [0.15, 0.2) is 18.2 Å². The molecule has 1 nitrogen and oxygen atoms in total. The molecule has 1 fully saturated rings. The van der Waals surface area contributed by atoms with E-state index in [4.69, 9.17) is 0 Å². The Kier molecular flexibility index (Phi) is 2.65. The van der Waals surface area contributed by atoms with Crippen molar-refractivity contribution in [3.05, 3.63) is 34.9 Å². The molecule has 0 N–H and O–H groups in total. The van der Waals surface area contributed by atoms with E-state index in [0.29, 0.717) is 11.7 Å². The summed E-state index contributed by atoms with van der Waals surface area (Å²) in [5.41, 5.74) is 3.89. The fourth-order valence-electron chi connectivity index (χ4n) is 2.82. The third-order valence-corrected chi connectivity index (χ3v) is 4.33. The van der Waals surface area contributed by atoms with Crippen LogP contribution in [0.2, 0.25) is 0 Å². The number of aryl methyl sites for hydroxylation is 2. The minimum atomic E-state index is -0.111. The summed E-state index contributed by atoms with van der Waals surface area (Å²) in [6.45, 7) is 8.50. The van der Waals surface area contributed by atoms with Gasteiger partial charge in [0.25, 0.3) is 0 Å². The highest BCUT2D eigenvalue weighted by Gasteiger charge is 2.50. The Labute approximate surface area is 97.9 Å². The number of benzene rings is 1. The zero-order valence-corrected chi connectivity index (χ0v) is 10.6. The van der Waals surface area contributed by atoms with E-state index < -0.39 is 0 Å². The van der Waals surface area contributed by atoms with Crippen LogP contribution in [0.4, 0.5) is 0 Å². The molecule has 0 aliphatic heterocycles. The Morgan fingerprint density at radius 3 is 2.56 bits per heavy atom. The number of hydrogen-bond donors (Lipinski definition) is 0. The zero-order chi connectivity index (χ0) is 11.9. The van der Waals surface area contributed by atoms with E-state index in [1.165, 1.54) is 16.7 Å². The second-order valence-electron chi connectivity index (χ2n) is 5.31. The van der Waals surface area contributed by atoms with E-state index in [2.05, 4.69) is 45.9 Å². The van der Waals surface area contributed by atoms with Gasteiger partial charge in [0.05, 0.1) is 0 Å². The van der Waals surface area contributed by atoms with Gasteiger partial charge in [0.1, 0.15) is 5.78 Å². The monoisotopic (exact) mass is 216 g/mol. The van der Waals surface area contributed by atoms with Crippen LogP contribution in [0.25, 0.3) is 0 Å².